The van der Waals surface area contributed by atoms with E-state index in [1.54, 1.807) is 0 Å². The maximum Gasteiger partial charge on any atom is 0.328 e. The summed E-state index contributed by atoms with van der Waals surface area (Å²) >= 11 is 0. The Morgan fingerprint density at radius 3 is 2.34 bits per heavy atom. The summed E-state index contributed by atoms with van der Waals surface area (Å²) in [7, 11) is 1.37. The van der Waals surface area contributed by atoms with Crippen molar-refractivity contribution in [3.63, 3.8) is 0 Å². The van der Waals surface area contributed by atoms with E-state index in [1.807, 2.05) is 51.1 Å². The number of hydrogen-bond donors (Lipinski definition) is 2. The number of para-hydroxylation sites is 1. The third-order valence-corrected chi connectivity index (χ3v) is 5.32. The van der Waals surface area contributed by atoms with Gasteiger partial charge >= 0.3 is 5.97 Å². The predicted molar refractivity (Wildman–Crippen MR) is 120 cm³/mol. The third-order valence-electron chi connectivity index (χ3n) is 5.32. The molecule has 32 heavy (non-hydrogen) atoms. The largest absolute Gasteiger partial charge is 0.503 e. The number of pyridine rings is 1. The number of ether oxygens (including phenoxy) is 3. The Morgan fingerprint density at radius 2 is 1.75 bits per heavy atom. The van der Waals surface area contributed by atoms with Crippen LogP contribution in [0.25, 0.3) is 0 Å². The highest BCUT2D eigenvalue weighted by Gasteiger charge is 2.32. The highest BCUT2D eigenvalue weighted by Crippen LogP contribution is 2.27. The highest BCUT2D eigenvalue weighted by molar-refractivity contribution is 5.97. The number of carbonyl (C=O) groups excluding carboxylic acids is 2. The molecule has 2 rings (SSSR count). The molecule has 1 aromatic heterocycles. The van der Waals surface area contributed by atoms with E-state index in [1.165, 1.54) is 26.3 Å². The Kier molecular flexibility index (Phi) is 9.31. The molecule has 8 nitrogen and oxygen atoms in total. The average Bonchev–Trinajstić information content (AvgIpc) is 2.79. The molecular weight excluding hydrogens is 412 g/mol. The summed E-state index contributed by atoms with van der Waals surface area (Å²) in [6, 6.07) is 9.81. The van der Waals surface area contributed by atoms with Gasteiger partial charge in [-0.1, -0.05) is 32.0 Å². The van der Waals surface area contributed by atoms with E-state index in [2.05, 4.69) is 10.3 Å². The van der Waals surface area contributed by atoms with E-state index in [4.69, 9.17) is 14.2 Å². The van der Waals surface area contributed by atoms with Gasteiger partial charge in [-0.3, -0.25) is 4.79 Å². The lowest BCUT2D eigenvalue weighted by Crippen LogP contribution is -2.45. The van der Waals surface area contributed by atoms with Gasteiger partial charge in [0.2, 0.25) is 0 Å². The van der Waals surface area contributed by atoms with Crippen LogP contribution in [0.3, 0.4) is 0 Å². The summed E-state index contributed by atoms with van der Waals surface area (Å²) in [5.41, 5.74) is -0.235. The van der Waals surface area contributed by atoms with Crippen molar-refractivity contribution in [2.45, 2.75) is 58.8 Å². The first kappa shape index (κ1) is 25.0. The van der Waals surface area contributed by atoms with Crippen LogP contribution in [0, 0.1) is 5.92 Å². The molecule has 1 amide bonds. The summed E-state index contributed by atoms with van der Waals surface area (Å²) in [6.07, 6.45) is 2.06. The van der Waals surface area contributed by atoms with Crippen LogP contribution >= 0.6 is 0 Å². The van der Waals surface area contributed by atoms with Crippen LogP contribution in [0.4, 0.5) is 0 Å². The maximum absolute atomic E-state index is 12.8. The lowest BCUT2D eigenvalue weighted by atomic mass is 9.93. The summed E-state index contributed by atoms with van der Waals surface area (Å²) < 4.78 is 16.8. The number of hydrogen-bond acceptors (Lipinski definition) is 7. The van der Waals surface area contributed by atoms with Crippen molar-refractivity contribution in [3.05, 3.63) is 48.3 Å². The van der Waals surface area contributed by atoms with Gasteiger partial charge in [-0.05, 0) is 44.7 Å². The number of nitrogens with one attached hydrogen (secondary N) is 1. The van der Waals surface area contributed by atoms with Gasteiger partial charge in [-0.25, -0.2) is 9.78 Å². The zero-order valence-corrected chi connectivity index (χ0v) is 19.2. The Hall–Kier alpha value is -3.29. The lowest BCUT2D eigenvalue weighted by molar-refractivity contribution is -0.159. The molecule has 0 aliphatic rings. The van der Waals surface area contributed by atoms with Gasteiger partial charge in [0.15, 0.2) is 17.2 Å². The van der Waals surface area contributed by atoms with Crippen molar-refractivity contribution in [2.24, 2.45) is 5.92 Å². The second-order valence-corrected chi connectivity index (χ2v) is 7.52. The number of esters is 1. The Balaban J connectivity index is 2.10. The average molecular weight is 445 g/mol. The molecule has 0 saturated carbocycles. The molecule has 0 aliphatic carbocycles. The van der Waals surface area contributed by atoms with Gasteiger partial charge in [-0.15, -0.1) is 0 Å². The molecule has 0 unspecified atom stereocenters. The van der Waals surface area contributed by atoms with Gasteiger partial charge in [0.25, 0.3) is 5.91 Å². The molecule has 0 bridgehead atoms. The fourth-order valence-electron chi connectivity index (χ4n) is 3.44. The monoisotopic (exact) mass is 444 g/mol. The van der Waals surface area contributed by atoms with Crippen molar-refractivity contribution < 1.29 is 28.9 Å². The highest BCUT2D eigenvalue weighted by atomic mass is 16.6. The summed E-state index contributed by atoms with van der Waals surface area (Å²) in [5.74, 6) is -0.814. The summed E-state index contributed by atoms with van der Waals surface area (Å²) in [5, 5.41) is 12.6. The van der Waals surface area contributed by atoms with Crippen molar-refractivity contribution in [1.82, 2.24) is 10.3 Å². The van der Waals surface area contributed by atoms with Gasteiger partial charge in [-0.2, -0.15) is 0 Å². The minimum Gasteiger partial charge on any atom is -0.503 e. The number of amides is 1. The minimum absolute atomic E-state index is 0.0876. The van der Waals surface area contributed by atoms with Crippen molar-refractivity contribution >= 4 is 11.9 Å². The zero-order chi connectivity index (χ0) is 23.7. The van der Waals surface area contributed by atoms with Gasteiger partial charge in [0.05, 0.1) is 7.11 Å². The fourth-order valence-corrected chi connectivity index (χ4v) is 3.44. The number of aromatic nitrogens is 1. The van der Waals surface area contributed by atoms with Crippen LogP contribution in [0.5, 0.6) is 17.2 Å². The molecule has 2 N–H and O–H groups in total. The van der Waals surface area contributed by atoms with Crippen LogP contribution in [0.1, 0.15) is 51.0 Å². The van der Waals surface area contributed by atoms with Gasteiger partial charge < -0.3 is 24.6 Å². The van der Waals surface area contributed by atoms with Crippen molar-refractivity contribution in [3.8, 4) is 17.2 Å². The van der Waals surface area contributed by atoms with Crippen LogP contribution < -0.4 is 14.8 Å². The number of methoxy groups -OCH3 is 1. The van der Waals surface area contributed by atoms with E-state index < -0.39 is 35.9 Å². The van der Waals surface area contributed by atoms with Gasteiger partial charge in [0, 0.05) is 12.3 Å². The van der Waals surface area contributed by atoms with E-state index in [0.717, 1.165) is 12.8 Å². The summed E-state index contributed by atoms with van der Waals surface area (Å²) in [6.45, 7) is 7.45. The molecule has 0 spiro atoms. The number of benzene rings is 1. The standard InChI is InChI=1S/C24H32N2O6/c1-6-17(7-2)22(16(4)31-18-11-9-8-10-12-18)32-24(29)15(3)26-23(28)20-21(27)19(30-5)13-14-25-20/h8-17,22,27H,6-7H2,1-5H3,(H,26,28)/t15-,16-,22+/m0/s1. The Morgan fingerprint density at radius 1 is 1.09 bits per heavy atom. The quantitative estimate of drug-likeness (QED) is 0.509. The first-order valence-corrected chi connectivity index (χ1v) is 10.8. The normalized spacial score (nSPS) is 13.7. The van der Waals surface area contributed by atoms with Crippen LogP contribution in [0.2, 0.25) is 0 Å². The zero-order valence-electron chi connectivity index (χ0n) is 19.2. The van der Waals surface area contributed by atoms with E-state index >= 15 is 0 Å². The van der Waals surface area contributed by atoms with E-state index in [9.17, 15) is 14.7 Å². The maximum atomic E-state index is 12.8. The third kappa shape index (κ3) is 6.35. The van der Waals surface area contributed by atoms with E-state index in [0.29, 0.717) is 5.75 Å². The number of aromatic hydroxyl groups is 1. The second-order valence-electron chi connectivity index (χ2n) is 7.52. The summed E-state index contributed by atoms with van der Waals surface area (Å²) in [4.78, 5) is 29.2. The molecule has 1 aromatic carbocycles. The molecule has 0 radical (unpaired) electrons. The second kappa shape index (κ2) is 11.9. The van der Waals surface area contributed by atoms with Crippen LogP contribution in [-0.2, 0) is 9.53 Å². The first-order chi connectivity index (χ1) is 15.3. The lowest BCUT2D eigenvalue weighted by Gasteiger charge is -2.31. The Labute approximate surface area is 188 Å². The first-order valence-electron chi connectivity index (χ1n) is 10.8. The molecule has 0 aliphatic heterocycles. The number of nitrogens with zero attached hydrogens (tertiary/aromatic N) is 1. The SMILES string of the molecule is CCC(CC)[C@H](OC(=O)[C@H](C)NC(=O)c1nccc(OC)c1O)[C@H](C)Oc1ccccc1. The molecule has 3 atom stereocenters. The topological polar surface area (TPSA) is 107 Å². The smallest absolute Gasteiger partial charge is 0.328 e. The molecule has 1 heterocycles. The van der Waals surface area contributed by atoms with Crippen LogP contribution in [0.15, 0.2) is 42.6 Å². The predicted octanol–water partition coefficient (Wildman–Crippen LogP) is 3.73. The molecule has 8 heteroatoms. The molecule has 0 fully saturated rings. The van der Waals surface area contributed by atoms with E-state index in [-0.39, 0.29) is 17.4 Å². The number of rotatable bonds is 11. The molecule has 0 saturated heterocycles. The Bertz CT molecular complexity index is 885. The fraction of sp³-hybridized carbons (Fsp3) is 0.458. The molecule has 2 aromatic rings. The van der Waals surface area contributed by atoms with Crippen LogP contribution in [-0.4, -0.2) is 47.3 Å². The minimum atomic E-state index is -0.962. The number of carbonyl (C=O) groups is 2. The molecular formula is C24H32N2O6. The van der Waals surface area contributed by atoms with Crippen molar-refractivity contribution in [1.29, 1.82) is 0 Å². The van der Waals surface area contributed by atoms with Gasteiger partial charge in [0.1, 0.15) is 24.0 Å². The molecule has 174 valence electrons. The van der Waals surface area contributed by atoms with Crippen molar-refractivity contribution in [2.75, 3.05) is 7.11 Å².